The Bertz CT molecular complexity index is 1180. The minimum absolute atomic E-state index is 0.0406. The van der Waals surface area contributed by atoms with Gasteiger partial charge in [0.05, 0.1) is 11.8 Å². The molecule has 1 atom stereocenters. The zero-order valence-corrected chi connectivity index (χ0v) is 20.2. The zero-order chi connectivity index (χ0) is 24.7. The van der Waals surface area contributed by atoms with Gasteiger partial charge in [0.1, 0.15) is 5.82 Å². The molecule has 3 aromatic rings. The number of anilines is 1. The number of hydrogen-bond acceptors (Lipinski definition) is 4. The van der Waals surface area contributed by atoms with Crippen molar-refractivity contribution in [2.24, 2.45) is 0 Å². The Morgan fingerprint density at radius 1 is 0.971 bits per heavy atom. The molecule has 3 rings (SSSR count). The van der Waals surface area contributed by atoms with Crippen LogP contribution in [-0.2, 0) is 16.1 Å². The van der Waals surface area contributed by atoms with Crippen LogP contribution in [0.4, 0.5) is 10.1 Å². The fourth-order valence-corrected chi connectivity index (χ4v) is 4.35. The van der Waals surface area contributed by atoms with Gasteiger partial charge >= 0.3 is 0 Å². The first kappa shape index (κ1) is 25.2. The lowest BCUT2D eigenvalue weighted by atomic mass is 10.0. The molecule has 3 aromatic carbocycles. The van der Waals surface area contributed by atoms with E-state index in [1.54, 1.807) is 17.0 Å². The maximum Gasteiger partial charge on any atom is 0.233 e. The minimum Gasteiger partial charge on any atom is -0.331 e. The highest BCUT2D eigenvalue weighted by Crippen LogP contribution is 2.28. The first-order valence-corrected chi connectivity index (χ1v) is 11.9. The molecule has 7 heteroatoms. The van der Waals surface area contributed by atoms with Crippen LogP contribution in [-0.4, -0.2) is 28.3 Å². The summed E-state index contributed by atoms with van der Waals surface area (Å²) in [4.78, 5) is 38.3. The largest absolute Gasteiger partial charge is 0.331 e. The number of benzene rings is 3. The van der Waals surface area contributed by atoms with Crippen molar-refractivity contribution in [1.82, 2.24) is 4.90 Å². The van der Waals surface area contributed by atoms with Crippen LogP contribution in [0.3, 0.4) is 0 Å². The van der Waals surface area contributed by atoms with E-state index in [0.29, 0.717) is 22.7 Å². The molecule has 0 saturated carbocycles. The van der Waals surface area contributed by atoms with Crippen LogP contribution in [0.5, 0.6) is 0 Å². The van der Waals surface area contributed by atoms with Crippen LogP contribution in [0.1, 0.15) is 48.3 Å². The number of amides is 2. The third-order valence-corrected chi connectivity index (χ3v) is 6.40. The topological polar surface area (TPSA) is 66.5 Å². The number of Topliss-reactive ketones (excluding diaryl/α,β-unsaturated/α-hetero) is 1. The van der Waals surface area contributed by atoms with Gasteiger partial charge in [0.2, 0.25) is 11.8 Å². The quantitative estimate of drug-likeness (QED) is 0.309. The maximum absolute atomic E-state index is 14.4. The molecule has 0 aliphatic rings. The van der Waals surface area contributed by atoms with E-state index < -0.39 is 5.82 Å². The van der Waals surface area contributed by atoms with Crippen molar-refractivity contribution in [3.05, 3.63) is 95.3 Å². The van der Waals surface area contributed by atoms with Crippen molar-refractivity contribution in [2.45, 2.75) is 38.3 Å². The van der Waals surface area contributed by atoms with Crippen LogP contribution < -0.4 is 5.32 Å². The van der Waals surface area contributed by atoms with E-state index in [1.807, 2.05) is 55.5 Å². The van der Waals surface area contributed by atoms with E-state index >= 15 is 0 Å². The van der Waals surface area contributed by atoms with E-state index in [2.05, 4.69) is 5.32 Å². The van der Waals surface area contributed by atoms with E-state index in [9.17, 15) is 18.8 Å². The Hall–Kier alpha value is -3.45. The number of hydrogen-bond donors (Lipinski definition) is 1. The third-order valence-electron chi connectivity index (χ3n) is 5.36. The van der Waals surface area contributed by atoms with Crippen molar-refractivity contribution in [1.29, 1.82) is 0 Å². The average Bonchev–Trinajstić information content (AvgIpc) is 2.81. The summed E-state index contributed by atoms with van der Waals surface area (Å²) in [5.41, 5.74) is 2.80. The number of thioether (sulfide) groups is 1. The number of nitrogens with zero attached hydrogens (tertiary/aromatic N) is 1. The highest BCUT2D eigenvalue weighted by atomic mass is 32.2. The first-order chi connectivity index (χ1) is 16.2. The highest BCUT2D eigenvalue weighted by molar-refractivity contribution is 8.00. The summed E-state index contributed by atoms with van der Waals surface area (Å²) >= 11 is 1.10. The number of rotatable bonds is 9. The molecule has 0 fully saturated rings. The van der Waals surface area contributed by atoms with Gasteiger partial charge in [-0.2, -0.15) is 0 Å². The maximum atomic E-state index is 14.4. The molecule has 34 heavy (non-hydrogen) atoms. The van der Waals surface area contributed by atoms with Crippen molar-refractivity contribution < 1.29 is 18.8 Å². The van der Waals surface area contributed by atoms with Gasteiger partial charge in [0.25, 0.3) is 0 Å². The van der Waals surface area contributed by atoms with Crippen molar-refractivity contribution >= 4 is 35.0 Å². The second kappa shape index (κ2) is 11.6. The lowest BCUT2D eigenvalue weighted by Gasteiger charge is -2.30. The fraction of sp³-hybridized carbons (Fsp3) is 0.222. The van der Waals surface area contributed by atoms with Gasteiger partial charge in [0.15, 0.2) is 5.78 Å². The molecule has 176 valence electrons. The number of carbonyl (C=O) groups is 3. The summed E-state index contributed by atoms with van der Waals surface area (Å²) in [5, 5.41) is 2.77. The predicted molar refractivity (Wildman–Crippen MR) is 133 cm³/mol. The Kier molecular flexibility index (Phi) is 8.60. The minimum atomic E-state index is -0.517. The van der Waals surface area contributed by atoms with Crippen molar-refractivity contribution in [2.75, 3.05) is 11.1 Å². The van der Waals surface area contributed by atoms with E-state index in [1.165, 1.54) is 26.0 Å². The number of carbonyl (C=O) groups excluding carboxylic acids is 3. The first-order valence-electron chi connectivity index (χ1n) is 10.9. The summed E-state index contributed by atoms with van der Waals surface area (Å²) in [6.45, 7) is 5.15. The van der Waals surface area contributed by atoms with Gasteiger partial charge in [-0.3, -0.25) is 14.4 Å². The second-order valence-corrected chi connectivity index (χ2v) is 9.00. The van der Waals surface area contributed by atoms with Crippen LogP contribution in [0.2, 0.25) is 0 Å². The van der Waals surface area contributed by atoms with E-state index in [0.717, 1.165) is 22.9 Å². The van der Waals surface area contributed by atoms with E-state index in [-0.39, 0.29) is 29.4 Å². The number of nitrogens with one attached hydrogen (secondary N) is 1. The Labute approximate surface area is 203 Å². The summed E-state index contributed by atoms with van der Waals surface area (Å²) < 4.78 is 14.4. The molecule has 1 N–H and O–H groups in total. The highest BCUT2D eigenvalue weighted by Gasteiger charge is 2.23. The molecule has 1 unspecified atom stereocenters. The summed E-state index contributed by atoms with van der Waals surface area (Å²) in [7, 11) is 0. The summed E-state index contributed by atoms with van der Waals surface area (Å²) in [6, 6.07) is 21.1. The molecule has 0 radical (unpaired) electrons. The van der Waals surface area contributed by atoms with Gasteiger partial charge in [-0.15, -0.1) is 11.8 Å². The Balaban J connectivity index is 1.82. The lowest BCUT2D eigenvalue weighted by Crippen LogP contribution is -2.34. The monoisotopic (exact) mass is 478 g/mol. The second-order valence-electron chi connectivity index (χ2n) is 7.98. The van der Waals surface area contributed by atoms with Crippen LogP contribution >= 0.6 is 11.8 Å². The SMILES string of the molecule is CC(=O)Nc1cccc(C(C)N(Cc2ccccc2)C(=O)CSc2ccc(C(C)=O)cc2F)c1. The van der Waals surface area contributed by atoms with Gasteiger partial charge in [0, 0.05) is 29.6 Å². The molecule has 0 heterocycles. The molecule has 0 bridgehead atoms. The summed E-state index contributed by atoms with van der Waals surface area (Å²) in [5.74, 6) is -1.01. The summed E-state index contributed by atoms with van der Waals surface area (Å²) in [6.07, 6.45) is 0. The van der Waals surface area contributed by atoms with Gasteiger partial charge < -0.3 is 10.2 Å². The standard InChI is InChI=1S/C27H27FN2O3S/c1-18(22-10-7-11-24(14-22)29-20(3)32)30(16-21-8-5-4-6-9-21)27(33)17-34-26-13-12-23(19(2)31)15-25(26)28/h4-15,18H,16-17H2,1-3H3,(H,29,32). The molecule has 0 saturated heterocycles. The predicted octanol–water partition coefficient (Wildman–Crippen LogP) is 5.87. The molecule has 5 nitrogen and oxygen atoms in total. The fourth-order valence-electron chi connectivity index (χ4n) is 3.54. The van der Waals surface area contributed by atoms with Gasteiger partial charge in [-0.05, 0) is 49.2 Å². The van der Waals surface area contributed by atoms with E-state index in [4.69, 9.17) is 0 Å². The van der Waals surface area contributed by atoms with Gasteiger partial charge in [-0.1, -0.05) is 48.5 Å². The molecular formula is C27H27FN2O3S. The smallest absolute Gasteiger partial charge is 0.233 e. The number of halogens is 1. The molecule has 0 spiro atoms. The van der Waals surface area contributed by atoms with Crippen LogP contribution in [0, 0.1) is 5.82 Å². The third kappa shape index (κ3) is 6.78. The van der Waals surface area contributed by atoms with Gasteiger partial charge in [-0.25, -0.2) is 4.39 Å². The lowest BCUT2D eigenvalue weighted by molar-refractivity contribution is -0.131. The van der Waals surface area contributed by atoms with Crippen LogP contribution in [0.25, 0.3) is 0 Å². The molecule has 0 aliphatic heterocycles. The Morgan fingerprint density at radius 2 is 1.71 bits per heavy atom. The van der Waals surface area contributed by atoms with Crippen molar-refractivity contribution in [3.8, 4) is 0 Å². The normalized spacial score (nSPS) is 11.5. The van der Waals surface area contributed by atoms with Crippen molar-refractivity contribution in [3.63, 3.8) is 0 Å². The molecule has 2 amide bonds. The number of ketones is 1. The zero-order valence-electron chi connectivity index (χ0n) is 19.4. The van der Waals surface area contributed by atoms with Crippen LogP contribution in [0.15, 0.2) is 77.7 Å². The molecular weight excluding hydrogens is 451 g/mol. The molecule has 0 aliphatic carbocycles. The molecule has 0 aromatic heterocycles. The average molecular weight is 479 g/mol. The Morgan fingerprint density at radius 3 is 2.35 bits per heavy atom.